The van der Waals surface area contributed by atoms with Crippen LogP contribution in [0.4, 0.5) is 0 Å². The van der Waals surface area contributed by atoms with Crippen molar-refractivity contribution in [3.63, 3.8) is 0 Å². The van der Waals surface area contributed by atoms with Gasteiger partial charge < -0.3 is 15.6 Å². The third kappa shape index (κ3) is 2.62. The first kappa shape index (κ1) is 7.94. The Morgan fingerprint density at radius 3 is 3.10 bits per heavy atom. The Morgan fingerprint density at radius 2 is 2.30 bits per heavy atom. The van der Waals surface area contributed by atoms with E-state index < -0.39 is 6.10 Å². The molecule has 1 saturated heterocycles. The van der Waals surface area contributed by atoms with E-state index in [0.717, 1.165) is 13.0 Å². The SMILES string of the molecule is OC1CNCCCN(O)C1. The summed E-state index contributed by atoms with van der Waals surface area (Å²) in [5.74, 6) is 0. The van der Waals surface area contributed by atoms with Gasteiger partial charge in [-0.05, 0) is 13.0 Å². The Morgan fingerprint density at radius 1 is 1.50 bits per heavy atom. The third-order valence-electron chi connectivity index (χ3n) is 1.57. The Bertz CT molecular complexity index is 89.7. The topological polar surface area (TPSA) is 55.7 Å². The molecule has 0 bridgehead atoms. The van der Waals surface area contributed by atoms with Crippen LogP contribution < -0.4 is 5.32 Å². The molecule has 1 unspecified atom stereocenters. The molecule has 0 aromatic carbocycles. The first-order valence-corrected chi connectivity index (χ1v) is 3.61. The fraction of sp³-hybridized carbons (Fsp3) is 1.00. The molecule has 0 spiro atoms. The van der Waals surface area contributed by atoms with Gasteiger partial charge in [-0.3, -0.25) is 0 Å². The van der Waals surface area contributed by atoms with Gasteiger partial charge in [-0.25, -0.2) is 0 Å². The van der Waals surface area contributed by atoms with Crippen LogP contribution in [-0.4, -0.2) is 47.7 Å². The fourth-order valence-electron chi connectivity index (χ4n) is 1.05. The van der Waals surface area contributed by atoms with Gasteiger partial charge in [-0.1, -0.05) is 0 Å². The van der Waals surface area contributed by atoms with Crippen LogP contribution in [0.2, 0.25) is 0 Å². The van der Waals surface area contributed by atoms with Crippen molar-refractivity contribution < 1.29 is 10.3 Å². The lowest BCUT2D eigenvalue weighted by atomic mass is 10.3. The summed E-state index contributed by atoms with van der Waals surface area (Å²) in [6.07, 6.45) is 0.494. The van der Waals surface area contributed by atoms with Gasteiger partial charge in [0, 0.05) is 13.1 Å². The highest BCUT2D eigenvalue weighted by Gasteiger charge is 2.11. The summed E-state index contributed by atoms with van der Waals surface area (Å²) in [5, 5.41) is 22.4. The molecule has 0 aliphatic carbocycles. The van der Waals surface area contributed by atoms with Crippen molar-refractivity contribution in [2.45, 2.75) is 12.5 Å². The van der Waals surface area contributed by atoms with Crippen LogP contribution in [-0.2, 0) is 0 Å². The number of hydroxylamine groups is 2. The van der Waals surface area contributed by atoms with Gasteiger partial charge in [0.2, 0.25) is 0 Å². The fourth-order valence-corrected chi connectivity index (χ4v) is 1.05. The summed E-state index contributed by atoms with van der Waals surface area (Å²) in [6.45, 7) is 2.45. The number of nitrogens with zero attached hydrogens (tertiary/aromatic N) is 1. The van der Waals surface area contributed by atoms with E-state index in [1.807, 2.05) is 0 Å². The monoisotopic (exact) mass is 146 g/mol. The van der Waals surface area contributed by atoms with E-state index >= 15 is 0 Å². The number of aliphatic hydroxyl groups excluding tert-OH is 1. The van der Waals surface area contributed by atoms with Gasteiger partial charge >= 0.3 is 0 Å². The minimum atomic E-state index is -0.440. The smallest absolute Gasteiger partial charge is 0.0814 e. The van der Waals surface area contributed by atoms with E-state index in [-0.39, 0.29) is 0 Å². The summed E-state index contributed by atoms with van der Waals surface area (Å²) < 4.78 is 0. The lowest BCUT2D eigenvalue weighted by molar-refractivity contribution is -0.116. The summed E-state index contributed by atoms with van der Waals surface area (Å²) >= 11 is 0. The summed E-state index contributed by atoms with van der Waals surface area (Å²) in [4.78, 5) is 0. The minimum Gasteiger partial charge on any atom is -0.390 e. The summed E-state index contributed by atoms with van der Waals surface area (Å²) in [7, 11) is 0. The molecule has 4 heteroatoms. The second kappa shape index (κ2) is 3.88. The van der Waals surface area contributed by atoms with Crippen molar-refractivity contribution in [1.29, 1.82) is 0 Å². The maximum absolute atomic E-state index is 9.12. The molecular weight excluding hydrogens is 132 g/mol. The first-order valence-electron chi connectivity index (χ1n) is 3.61. The quantitative estimate of drug-likeness (QED) is 0.411. The second-order valence-electron chi connectivity index (χ2n) is 2.62. The number of rotatable bonds is 0. The lowest BCUT2D eigenvalue weighted by Gasteiger charge is -2.22. The number of aliphatic hydroxyl groups is 1. The van der Waals surface area contributed by atoms with E-state index in [2.05, 4.69) is 5.32 Å². The van der Waals surface area contributed by atoms with Crippen molar-refractivity contribution in [3.8, 4) is 0 Å². The van der Waals surface area contributed by atoms with Crippen LogP contribution in [0.3, 0.4) is 0 Å². The van der Waals surface area contributed by atoms with Gasteiger partial charge in [0.15, 0.2) is 0 Å². The molecule has 3 N–H and O–H groups in total. The normalized spacial score (nSPS) is 31.2. The predicted octanol–water partition coefficient (Wildman–Crippen LogP) is -0.968. The van der Waals surface area contributed by atoms with E-state index in [4.69, 9.17) is 10.3 Å². The van der Waals surface area contributed by atoms with E-state index in [1.54, 1.807) is 0 Å². The zero-order valence-electron chi connectivity index (χ0n) is 5.95. The van der Waals surface area contributed by atoms with Crippen LogP contribution in [0, 0.1) is 0 Å². The molecule has 0 radical (unpaired) electrons. The van der Waals surface area contributed by atoms with Gasteiger partial charge in [0.05, 0.1) is 12.6 Å². The van der Waals surface area contributed by atoms with Crippen LogP contribution >= 0.6 is 0 Å². The summed E-state index contributed by atoms with van der Waals surface area (Å²) in [6, 6.07) is 0. The van der Waals surface area contributed by atoms with Gasteiger partial charge in [0.25, 0.3) is 0 Å². The average molecular weight is 146 g/mol. The van der Waals surface area contributed by atoms with Crippen molar-refractivity contribution in [3.05, 3.63) is 0 Å². The van der Waals surface area contributed by atoms with Crippen molar-refractivity contribution in [1.82, 2.24) is 10.4 Å². The Kier molecular flexibility index (Phi) is 3.08. The first-order chi connectivity index (χ1) is 4.79. The highest BCUT2D eigenvalue weighted by molar-refractivity contribution is 4.65. The Balaban J connectivity index is 2.25. The largest absolute Gasteiger partial charge is 0.390 e. The molecule has 0 amide bonds. The molecule has 0 saturated carbocycles. The predicted molar refractivity (Wildman–Crippen MR) is 36.9 cm³/mol. The number of hydrogen-bond acceptors (Lipinski definition) is 4. The molecule has 1 rings (SSSR count). The zero-order chi connectivity index (χ0) is 7.40. The molecule has 0 aromatic rings. The molecule has 1 heterocycles. The summed E-state index contributed by atoms with van der Waals surface area (Å²) in [5.41, 5.74) is 0. The molecular formula is C6H14N2O2. The molecule has 1 aliphatic heterocycles. The Hall–Kier alpha value is -0.160. The van der Waals surface area contributed by atoms with Crippen molar-refractivity contribution in [2.75, 3.05) is 26.2 Å². The maximum Gasteiger partial charge on any atom is 0.0814 e. The molecule has 4 nitrogen and oxygen atoms in total. The number of nitrogens with one attached hydrogen (secondary N) is 1. The highest BCUT2D eigenvalue weighted by atomic mass is 16.5. The molecule has 0 aromatic heterocycles. The van der Waals surface area contributed by atoms with Crippen LogP contribution in [0.15, 0.2) is 0 Å². The van der Waals surface area contributed by atoms with Gasteiger partial charge in [0.1, 0.15) is 0 Å². The molecule has 1 fully saturated rings. The number of β-amino-alcohol motifs (C(OH)–C–C–N with tert-alkyl or cyclic N) is 1. The molecule has 60 valence electrons. The molecule has 10 heavy (non-hydrogen) atoms. The van der Waals surface area contributed by atoms with Crippen molar-refractivity contribution in [2.24, 2.45) is 0 Å². The standard InChI is InChI=1S/C6H14N2O2/c9-6-4-7-2-1-3-8(10)5-6/h6-7,9-10H,1-5H2. The van der Waals surface area contributed by atoms with Gasteiger partial charge in [-0.15, -0.1) is 0 Å². The maximum atomic E-state index is 9.12. The molecule has 1 atom stereocenters. The highest BCUT2D eigenvalue weighted by Crippen LogP contribution is 1.93. The van der Waals surface area contributed by atoms with E-state index in [1.165, 1.54) is 5.06 Å². The van der Waals surface area contributed by atoms with Crippen LogP contribution in [0.1, 0.15) is 6.42 Å². The minimum absolute atomic E-state index is 0.354. The van der Waals surface area contributed by atoms with Gasteiger partial charge in [-0.2, -0.15) is 5.06 Å². The van der Waals surface area contributed by atoms with E-state index in [9.17, 15) is 0 Å². The average Bonchev–Trinajstić information content (AvgIpc) is 1.83. The zero-order valence-corrected chi connectivity index (χ0v) is 5.95. The van der Waals surface area contributed by atoms with Crippen LogP contribution in [0.5, 0.6) is 0 Å². The lowest BCUT2D eigenvalue weighted by Crippen LogP contribution is -2.41. The second-order valence-corrected chi connectivity index (χ2v) is 2.62. The number of hydrogen-bond donors (Lipinski definition) is 3. The molecule has 1 aliphatic rings. The Labute approximate surface area is 60.4 Å². The van der Waals surface area contributed by atoms with E-state index in [0.29, 0.717) is 19.6 Å². The van der Waals surface area contributed by atoms with Crippen LogP contribution in [0.25, 0.3) is 0 Å². The third-order valence-corrected chi connectivity index (χ3v) is 1.57. The van der Waals surface area contributed by atoms with Crippen molar-refractivity contribution >= 4 is 0 Å².